The number of anilines is 1. The topological polar surface area (TPSA) is 105 Å². The van der Waals surface area contributed by atoms with Gasteiger partial charge in [-0.15, -0.1) is 0 Å². The molecule has 0 saturated carbocycles. The van der Waals surface area contributed by atoms with Gasteiger partial charge in [-0.3, -0.25) is 13.9 Å². The summed E-state index contributed by atoms with van der Waals surface area (Å²) < 4.78 is 39.2. The number of rotatable bonds is 11. The molecule has 202 valence electrons. The van der Waals surface area contributed by atoms with Crippen molar-refractivity contribution in [2.45, 2.75) is 24.4 Å². The number of hydrogen-bond donors (Lipinski definition) is 1. The fraction of sp³-hybridized carbons (Fsp3) is 0.259. The summed E-state index contributed by atoms with van der Waals surface area (Å²) in [5.41, 5.74) is 0.875. The van der Waals surface area contributed by atoms with Gasteiger partial charge < -0.3 is 19.7 Å². The van der Waals surface area contributed by atoms with Gasteiger partial charge in [0, 0.05) is 24.7 Å². The van der Waals surface area contributed by atoms with Crippen molar-refractivity contribution in [3.63, 3.8) is 0 Å². The lowest BCUT2D eigenvalue weighted by molar-refractivity contribution is -0.139. The lowest BCUT2D eigenvalue weighted by atomic mass is 10.1. The molecule has 0 unspecified atom stereocenters. The highest BCUT2D eigenvalue weighted by Gasteiger charge is 2.32. The van der Waals surface area contributed by atoms with Gasteiger partial charge in [0.2, 0.25) is 11.8 Å². The zero-order valence-electron chi connectivity index (χ0n) is 21.5. The van der Waals surface area contributed by atoms with Crippen LogP contribution in [0.15, 0.2) is 77.7 Å². The molecule has 3 aromatic carbocycles. The standard InChI is InChI=1S/C27H30ClN3O6S/c1-19(27(33)29-2)30(17-20-9-8-10-21(28)15-20)26(32)18-31(38(34,35)23-11-6-5-7-12-23)22-13-14-24(36-3)25(16-22)37-4/h5-16,19H,17-18H2,1-4H3,(H,29,33)/t19-/m1/s1. The molecule has 3 aromatic rings. The molecule has 0 aliphatic rings. The highest BCUT2D eigenvalue weighted by Crippen LogP contribution is 2.34. The maximum absolute atomic E-state index is 13.8. The Kier molecular flexibility index (Phi) is 9.60. The molecule has 0 saturated heterocycles. The largest absolute Gasteiger partial charge is 0.493 e. The SMILES string of the molecule is CNC(=O)[C@@H](C)N(Cc1cccc(Cl)c1)C(=O)CN(c1ccc(OC)c(OC)c1)S(=O)(=O)c1ccccc1. The van der Waals surface area contributed by atoms with Crippen molar-refractivity contribution in [3.05, 3.63) is 83.4 Å². The number of ether oxygens (including phenoxy) is 2. The van der Waals surface area contributed by atoms with Gasteiger partial charge in [0.1, 0.15) is 12.6 Å². The lowest BCUT2D eigenvalue weighted by Crippen LogP contribution is -2.50. The summed E-state index contributed by atoms with van der Waals surface area (Å²) in [6, 6.07) is 18.4. The quantitative estimate of drug-likeness (QED) is 0.384. The van der Waals surface area contributed by atoms with E-state index in [2.05, 4.69) is 5.32 Å². The summed E-state index contributed by atoms with van der Waals surface area (Å²) >= 11 is 6.13. The third-order valence-electron chi connectivity index (χ3n) is 5.92. The number of likely N-dealkylation sites (N-methyl/N-ethyl adjacent to an activating group) is 1. The Morgan fingerprint density at radius 3 is 2.24 bits per heavy atom. The molecule has 0 aliphatic carbocycles. The van der Waals surface area contributed by atoms with Crippen molar-refractivity contribution in [3.8, 4) is 11.5 Å². The number of hydrogen-bond acceptors (Lipinski definition) is 6. The van der Waals surface area contributed by atoms with Crippen molar-refractivity contribution in [1.82, 2.24) is 10.2 Å². The van der Waals surface area contributed by atoms with E-state index in [0.29, 0.717) is 22.1 Å². The van der Waals surface area contributed by atoms with Crippen LogP contribution in [0.3, 0.4) is 0 Å². The predicted octanol–water partition coefficient (Wildman–Crippen LogP) is 3.72. The second-order valence-electron chi connectivity index (χ2n) is 8.31. The molecule has 0 bridgehead atoms. The molecule has 0 fully saturated rings. The van der Waals surface area contributed by atoms with Crippen LogP contribution in [0.4, 0.5) is 5.69 Å². The highest BCUT2D eigenvalue weighted by molar-refractivity contribution is 7.92. The molecule has 3 rings (SSSR count). The summed E-state index contributed by atoms with van der Waals surface area (Å²) in [5, 5.41) is 3.02. The van der Waals surface area contributed by atoms with Gasteiger partial charge >= 0.3 is 0 Å². The van der Waals surface area contributed by atoms with E-state index in [1.54, 1.807) is 55.5 Å². The second kappa shape index (κ2) is 12.7. The first kappa shape index (κ1) is 28.8. The van der Waals surface area contributed by atoms with E-state index < -0.39 is 34.4 Å². The van der Waals surface area contributed by atoms with Crippen LogP contribution < -0.4 is 19.1 Å². The summed E-state index contributed by atoms with van der Waals surface area (Å²) in [5.74, 6) is -0.296. The predicted molar refractivity (Wildman–Crippen MR) is 146 cm³/mol. The number of carbonyl (C=O) groups is 2. The molecule has 0 radical (unpaired) electrons. The Labute approximate surface area is 228 Å². The van der Waals surface area contributed by atoms with Gasteiger partial charge in [-0.25, -0.2) is 8.42 Å². The molecule has 1 atom stereocenters. The van der Waals surface area contributed by atoms with E-state index in [9.17, 15) is 18.0 Å². The summed E-state index contributed by atoms with van der Waals surface area (Å²) in [6.07, 6.45) is 0. The average Bonchev–Trinajstić information content (AvgIpc) is 2.93. The van der Waals surface area contributed by atoms with Gasteiger partial charge in [-0.05, 0) is 48.9 Å². The minimum Gasteiger partial charge on any atom is -0.493 e. The number of carbonyl (C=O) groups excluding carboxylic acids is 2. The molecule has 0 aromatic heterocycles. The van der Waals surface area contributed by atoms with Crippen LogP contribution >= 0.6 is 11.6 Å². The highest BCUT2D eigenvalue weighted by atomic mass is 35.5. The van der Waals surface area contributed by atoms with Crippen molar-refractivity contribution in [1.29, 1.82) is 0 Å². The van der Waals surface area contributed by atoms with Crippen LogP contribution in [0.5, 0.6) is 11.5 Å². The van der Waals surface area contributed by atoms with Crippen molar-refractivity contribution < 1.29 is 27.5 Å². The van der Waals surface area contributed by atoms with Crippen molar-refractivity contribution >= 4 is 39.1 Å². The molecule has 1 N–H and O–H groups in total. The molecule has 0 spiro atoms. The van der Waals surface area contributed by atoms with Crippen molar-refractivity contribution in [2.24, 2.45) is 0 Å². The monoisotopic (exact) mass is 559 g/mol. The molecular formula is C27H30ClN3O6S. The third kappa shape index (κ3) is 6.56. The molecule has 38 heavy (non-hydrogen) atoms. The van der Waals surface area contributed by atoms with E-state index in [1.807, 2.05) is 0 Å². The Morgan fingerprint density at radius 2 is 1.63 bits per heavy atom. The second-order valence-corrected chi connectivity index (χ2v) is 10.6. The zero-order valence-corrected chi connectivity index (χ0v) is 23.1. The first-order valence-corrected chi connectivity index (χ1v) is 13.5. The Bertz CT molecular complexity index is 1380. The van der Waals surface area contributed by atoms with Gasteiger partial charge in [0.25, 0.3) is 10.0 Å². The average molecular weight is 560 g/mol. The zero-order chi connectivity index (χ0) is 27.9. The molecule has 2 amide bonds. The van der Waals surface area contributed by atoms with E-state index in [0.717, 1.165) is 4.31 Å². The third-order valence-corrected chi connectivity index (χ3v) is 7.94. The number of amides is 2. The van der Waals surface area contributed by atoms with E-state index >= 15 is 0 Å². The Hall–Kier alpha value is -3.76. The smallest absolute Gasteiger partial charge is 0.264 e. The Morgan fingerprint density at radius 1 is 0.947 bits per heavy atom. The number of benzene rings is 3. The maximum atomic E-state index is 13.8. The number of methoxy groups -OCH3 is 2. The van der Waals surface area contributed by atoms with Gasteiger partial charge in [0.15, 0.2) is 11.5 Å². The van der Waals surface area contributed by atoms with E-state index in [4.69, 9.17) is 21.1 Å². The lowest BCUT2D eigenvalue weighted by Gasteiger charge is -2.32. The first-order valence-electron chi connectivity index (χ1n) is 11.7. The molecule has 0 aliphatic heterocycles. The van der Waals surface area contributed by atoms with Crippen LogP contribution in [0.25, 0.3) is 0 Å². The van der Waals surface area contributed by atoms with Crippen LogP contribution in [0, 0.1) is 0 Å². The minimum absolute atomic E-state index is 0.00308. The molecular weight excluding hydrogens is 530 g/mol. The van der Waals surface area contributed by atoms with Crippen molar-refractivity contribution in [2.75, 3.05) is 32.1 Å². The normalized spacial score (nSPS) is 11.8. The number of halogens is 1. The fourth-order valence-electron chi connectivity index (χ4n) is 3.85. The summed E-state index contributed by atoms with van der Waals surface area (Å²) in [6.45, 7) is 1.04. The summed E-state index contributed by atoms with van der Waals surface area (Å²) in [7, 11) is 0.175. The van der Waals surface area contributed by atoms with Crippen LogP contribution in [0.2, 0.25) is 5.02 Å². The molecule has 9 nitrogen and oxygen atoms in total. The van der Waals surface area contributed by atoms with E-state index in [-0.39, 0.29) is 17.1 Å². The number of nitrogens with one attached hydrogen (secondary N) is 1. The van der Waals surface area contributed by atoms with Gasteiger partial charge in [-0.2, -0.15) is 0 Å². The fourth-order valence-corrected chi connectivity index (χ4v) is 5.49. The van der Waals surface area contributed by atoms with Gasteiger partial charge in [-0.1, -0.05) is 41.9 Å². The van der Waals surface area contributed by atoms with E-state index in [1.165, 1.54) is 50.4 Å². The summed E-state index contributed by atoms with van der Waals surface area (Å²) in [4.78, 5) is 27.7. The Balaban J connectivity index is 2.08. The van der Waals surface area contributed by atoms with Crippen LogP contribution in [0.1, 0.15) is 12.5 Å². The van der Waals surface area contributed by atoms with Crippen LogP contribution in [-0.4, -0.2) is 59.0 Å². The molecule has 11 heteroatoms. The maximum Gasteiger partial charge on any atom is 0.264 e. The van der Waals surface area contributed by atoms with Crippen LogP contribution in [-0.2, 0) is 26.2 Å². The minimum atomic E-state index is -4.19. The number of sulfonamides is 1. The van der Waals surface area contributed by atoms with Gasteiger partial charge in [0.05, 0.1) is 24.8 Å². The number of nitrogens with zero attached hydrogens (tertiary/aromatic N) is 2. The first-order chi connectivity index (χ1) is 18.1. The molecule has 0 heterocycles.